The van der Waals surface area contributed by atoms with Crippen LogP contribution >= 0.6 is 0 Å². The topological polar surface area (TPSA) is 58.8 Å². The molecule has 2 aliphatic rings. The third-order valence-corrected chi connectivity index (χ3v) is 4.33. The van der Waals surface area contributed by atoms with Crippen LogP contribution in [0.4, 0.5) is 5.69 Å². The van der Waals surface area contributed by atoms with E-state index in [-0.39, 0.29) is 5.91 Å². The van der Waals surface area contributed by atoms with Crippen molar-refractivity contribution in [1.29, 1.82) is 0 Å². The Morgan fingerprint density at radius 3 is 2.62 bits per heavy atom. The molecular formula is C16H23N3O2. The van der Waals surface area contributed by atoms with Crippen LogP contribution in [0.5, 0.6) is 5.75 Å². The van der Waals surface area contributed by atoms with Crippen LogP contribution in [0.2, 0.25) is 0 Å². The highest BCUT2D eigenvalue weighted by Crippen LogP contribution is 2.30. The van der Waals surface area contributed by atoms with Gasteiger partial charge in [-0.15, -0.1) is 0 Å². The summed E-state index contributed by atoms with van der Waals surface area (Å²) in [5.41, 5.74) is 6.95. The molecule has 0 atom stereocenters. The summed E-state index contributed by atoms with van der Waals surface area (Å²) in [5.74, 6) is 1.51. The van der Waals surface area contributed by atoms with Gasteiger partial charge in [-0.25, -0.2) is 0 Å². The number of anilines is 1. The summed E-state index contributed by atoms with van der Waals surface area (Å²) in [6.07, 6.45) is 2.75. The van der Waals surface area contributed by atoms with Crippen molar-refractivity contribution < 1.29 is 9.53 Å². The number of nitrogen functional groups attached to an aromatic ring is 1. The number of hydrogen-bond donors (Lipinski definition) is 1. The van der Waals surface area contributed by atoms with E-state index in [1.807, 2.05) is 4.90 Å². The molecule has 0 radical (unpaired) electrons. The van der Waals surface area contributed by atoms with Gasteiger partial charge in [0, 0.05) is 38.4 Å². The van der Waals surface area contributed by atoms with Crippen LogP contribution in [0.15, 0.2) is 18.2 Å². The van der Waals surface area contributed by atoms with E-state index in [2.05, 4.69) is 4.90 Å². The highest BCUT2D eigenvalue weighted by atomic mass is 16.5. The summed E-state index contributed by atoms with van der Waals surface area (Å²) in [6, 6.07) is 5.22. The fourth-order valence-corrected chi connectivity index (χ4v) is 2.86. The van der Waals surface area contributed by atoms with Crippen molar-refractivity contribution >= 4 is 11.6 Å². The first-order chi connectivity index (χ1) is 10.2. The molecule has 5 nitrogen and oxygen atoms in total. The van der Waals surface area contributed by atoms with Gasteiger partial charge in [-0.3, -0.25) is 9.69 Å². The van der Waals surface area contributed by atoms with Crippen molar-refractivity contribution in [3.05, 3.63) is 23.8 Å². The first-order valence-electron chi connectivity index (χ1n) is 7.62. The molecule has 1 saturated carbocycles. The Morgan fingerprint density at radius 2 is 2.00 bits per heavy atom. The van der Waals surface area contributed by atoms with Crippen LogP contribution in [0.25, 0.3) is 0 Å². The summed E-state index contributed by atoms with van der Waals surface area (Å²) in [4.78, 5) is 17.0. The number of ether oxygens (including phenoxy) is 1. The Balaban J connectivity index is 1.64. The van der Waals surface area contributed by atoms with Crippen LogP contribution in [-0.4, -0.2) is 55.5 Å². The highest BCUT2D eigenvalue weighted by molar-refractivity contribution is 5.97. The largest absolute Gasteiger partial charge is 0.496 e. The van der Waals surface area contributed by atoms with Gasteiger partial charge in [0.1, 0.15) is 5.75 Å². The van der Waals surface area contributed by atoms with E-state index < -0.39 is 0 Å². The maximum Gasteiger partial charge on any atom is 0.257 e. The van der Waals surface area contributed by atoms with Gasteiger partial charge in [0.15, 0.2) is 0 Å². The second-order valence-electron chi connectivity index (χ2n) is 6.00. The molecule has 0 bridgehead atoms. The maximum atomic E-state index is 12.6. The molecule has 1 aromatic rings. The number of hydrogen-bond acceptors (Lipinski definition) is 4. The predicted octanol–water partition coefficient (Wildman–Crippen LogP) is 1.45. The molecule has 1 aromatic carbocycles. The van der Waals surface area contributed by atoms with Crippen LogP contribution < -0.4 is 10.5 Å². The number of carbonyl (C=O) groups excluding carboxylic acids is 1. The molecule has 1 heterocycles. The third-order valence-electron chi connectivity index (χ3n) is 4.33. The Labute approximate surface area is 125 Å². The zero-order valence-electron chi connectivity index (χ0n) is 12.5. The zero-order chi connectivity index (χ0) is 14.8. The number of rotatable bonds is 4. The number of carbonyl (C=O) groups is 1. The Kier molecular flexibility index (Phi) is 4.01. The number of benzene rings is 1. The average molecular weight is 289 g/mol. The van der Waals surface area contributed by atoms with Crippen molar-refractivity contribution in [1.82, 2.24) is 9.80 Å². The first-order valence-corrected chi connectivity index (χ1v) is 7.62. The summed E-state index contributed by atoms with van der Waals surface area (Å²) in [7, 11) is 1.58. The fraction of sp³-hybridized carbons (Fsp3) is 0.562. The molecule has 3 rings (SSSR count). The average Bonchev–Trinajstić information content (AvgIpc) is 3.31. The lowest BCUT2D eigenvalue weighted by atomic mass is 10.1. The van der Waals surface area contributed by atoms with Gasteiger partial charge in [0.05, 0.1) is 12.7 Å². The highest BCUT2D eigenvalue weighted by Gasteiger charge is 2.28. The van der Waals surface area contributed by atoms with E-state index in [1.54, 1.807) is 25.3 Å². The first kappa shape index (κ1) is 14.2. The van der Waals surface area contributed by atoms with Crippen LogP contribution in [-0.2, 0) is 0 Å². The zero-order valence-corrected chi connectivity index (χ0v) is 12.5. The quantitative estimate of drug-likeness (QED) is 0.852. The second kappa shape index (κ2) is 5.93. The van der Waals surface area contributed by atoms with Crippen molar-refractivity contribution in [2.75, 3.05) is 45.6 Å². The van der Waals surface area contributed by atoms with E-state index in [0.29, 0.717) is 17.0 Å². The maximum absolute atomic E-state index is 12.6. The minimum Gasteiger partial charge on any atom is -0.496 e. The summed E-state index contributed by atoms with van der Waals surface area (Å²) < 4.78 is 5.28. The van der Waals surface area contributed by atoms with Crippen LogP contribution in [0, 0.1) is 5.92 Å². The normalized spacial score (nSPS) is 19.6. The fourth-order valence-electron chi connectivity index (χ4n) is 2.86. The lowest BCUT2D eigenvalue weighted by Gasteiger charge is -2.35. The van der Waals surface area contributed by atoms with Gasteiger partial charge in [0.2, 0.25) is 0 Å². The molecule has 1 amide bonds. The van der Waals surface area contributed by atoms with Crippen molar-refractivity contribution in [3.8, 4) is 5.75 Å². The molecule has 1 aliphatic carbocycles. The summed E-state index contributed by atoms with van der Waals surface area (Å²) in [5, 5.41) is 0. The minimum atomic E-state index is 0.0187. The van der Waals surface area contributed by atoms with Gasteiger partial charge in [-0.1, -0.05) is 0 Å². The van der Waals surface area contributed by atoms with Crippen LogP contribution in [0.1, 0.15) is 23.2 Å². The molecule has 0 spiro atoms. The second-order valence-corrected chi connectivity index (χ2v) is 6.00. The number of piperazine rings is 1. The number of nitrogens with two attached hydrogens (primary N) is 1. The van der Waals surface area contributed by atoms with Gasteiger partial charge >= 0.3 is 0 Å². The lowest BCUT2D eigenvalue weighted by Crippen LogP contribution is -2.49. The van der Waals surface area contributed by atoms with E-state index in [9.17, 15) is 4.79 Å². The molecular weight excluding hydrogens is 266 g/mol. The molecule has 21 heavy (non-hydrogen) atoms. The molecule has 5 heteroatoms. The Hall–Kier alpha value is -1.75. The van der Waals surface area contributed by atoms with Gasteiger partial charge in [-0.05, 0) is 37.0 Å². The number of amides is 1. The molecule has 1 aliphatic heterocycles. The van der Waals surface area contributed by atoms with Crippen molar-refractivity contribution in [2.45, 2.75) is 12.8 Å². The van der Waals surface area contributed by atoms with Gasteiger partial charge < -0.3 is 15.4 Å². The minimum absolute atomic E-state index is 0.0187. The predicted molar refractivity (Wildman–Crippen MR) is 82.5 cm³/mol. The molecule has 0 unspecified atom stereocenters. The van der Waals surface area contributed by atoms with E-state index in [1.165, 1.54) is 19.4 Å². The molecule has 2 N–H and O–H groups in total. The van der Waals surface area contributed by atoms with Crippen molar-refractivity contribution in [2.24, 2.45) is 5.92 Å². The third kappa shape index (κ3) is 3.29. The smallest absolute Gasteiger partial charge is 0.257 e. The SMILES string of the molecule is COc1ccc(N)cc1C(=O)N1CCN(CC2CC2)CC1. The Bertz CT molecular complexity index is 520. The van der Waals surface area contributed by atoms with Crippen LogP contribution in [0.3, 0.4) is 0 Å². The number of nitrogens with zero attached hydrogens (tertiary/aromatic N) is 2. The van der Waals surface area contributed by atoms with Gasteiger partial charge in [0.25, 0.3) is 5.91 Å². The molecule has 1 saturated heterocycles. The molecule has 114 valence electrons. The van der Waals surface area contributed by atoms with E-state index in [4.69, 9.17) is 10.5 Å². The number of methoxy groups -OCH3 is 1. The molecule has 2 fully saturated rings. The standard InChI is InChI=1S/C16H23N3O2/c1-21-15-5-4-13(17)10-14(15)16(20)19-8-6-18(7-9-19)11-12-2-3-12/h4-5,10,12H,2-3,6-9,11,17H2,1H3. The lowest BCUT2D eigenvalue weighted by molar-refractivity contribution is 0.0629. The van der Waals surface area contributed by atoms with E-state index in [0.717, 1.165) is 32.1 Å². The Morgan fingerprint density at radius 1 is 1.29 bits per heavy atom. The van der Waals surface area contributed by atoms with Crippen molar-refractivity contribution in [3.63, 3.8) is 0 Å². The molecule has 0 aromatic heterocycles. The van der Waals surface area contributed by atoms with E-state index >= 15 is 0 Å². The monoisotopic (exact) mass is 289 g/mol. The summed E-state index contributed by atoms with van der Waals surface area (Å²) >= 11 is 0. The van der Waals surface area contributed by atoms with Gasteiger partial charge in [-0.2, -0.15) is 0 Å². The summed E-state index contributed by atoms with van der Waals surface area (Å²) in [6.45, 7) is 4.69.